The van der Waals surface area contributed by atoms with Crippen molar-refractivity contribution in [2.75, 3.05) is 13.7 Å². The molecule has 37 heavy (non-hydrogen) atoms. The lowest BCUT2D eigenvalue weighted by atomic mass is 9.64. The lowest BCUT2D eigenvalue weighted by molar-refractivity contribution is -0.144. The molecule has 0 radical (unpaired) electrons. The molecule has 0 aliphatic carbocycles. The molecular formula is C27H37BN4O5. The van der Waals surface area contributed by atoms with Crippen molar-refractivity contribution in [2.45, 2.75) is 70.9 Å². The average Bonchev–Trinajstić information content (AvgIpc) is 2.89. The monoisotopic (exact) mass is 508 g/mol. The van der Waals surface area contributed by atoms with E-state index in [0.29, 0.717) is 19.4 Å². The maximum Gasteiger partial charge on any atom is 0.531 e. The van der Waals surface area contributed by atoms with Gasteiger partial charge in [-0.3, -0.25) is 24.3 Å². The van der Waals surface area contributed by atoms with E-state index < -0.39 is 25.1 Å². The number of carbonyl (C=O) groups is 3. The molecule has 9 nitrogen and oxygen atoms in total. The van der Waals surface area contributed by atoms with E-state index in [9.17, 15) is 14.4 Å². The highest BCUT2D eigenvalue weighted by Crippen LogP contribution is 2.29. The van der Waals surface area contributed by atoms with Crippen LogP contribution in [-0.4, -0.2) is 71.4 Å². The van der Waals surface area contributed by atoms with E-state index in [1.165, 1.54) is 18.6 Å². The van der Waals surface area contributed by atoms with Crippen LogP contribution in [0.25, 0.3) is 0 Å². The van der Waals surface area contributed by atoms with Gasteiger partial charge in [-0.15, -0.1) is 0 Å². The van der Waals surface area contributed by atoms with E-state index in [1.807, 2.05) is 56.1 Å². The van der Waals surface area contributed by atoms with Gasteiger partial charge in [0.25, 0.3) is 5.91 Å². The Morgan fingerprint density at radius 2 is 1.92 bits per heavy atom. The highest BCUT2D eigenvalue weighted by Gasteiger charge is 2.41. The molecule has 1 amide bonds. The van der Waals surface area contributed by atoms with Gasteiger partial charge in [0.15, 0.2) is 5.78 Å². The van der Waals surface area contributed by atoms with Crippen LogP contribution in [0.5, 0.6) is 0 Å². The Balaban J connectivity index is 1.82. The zero-order chi connectivity index (χ0) is 26.9. The number of nitrogens with zero attached hydrogens (tertiary/aromatic N) is 3. The van der Waals surface area contributed by atoms with Gasteiger partial charge in [0, 0.05) is 37.3 Å². The average molecular weight is 508 g/mol. The molecule has 4 atom stereocenters. The summed E-state index contributed by atoms with van der Waals surface area (Å²) in [5.41, 5.74) is 1.05. The summed E-state index contributed by atoms with van der Waals surface area (Å²) in [5.74, 6) is -1.12. The Labute approximate surface area is 219 Å². The highest BCUT2D eigenvalue weighted by atomic mass is 16.6. The van der Waals surface area contributed by atoms with Crippen molar-refractivity contribution in [3.8, 4) is 0 Å². The normalized spacial score (nSPS) is 20.5. The number of rotatable bonds is 10. The topological polar surface area (TPSA) is 111 Å². The van der Waals surface area contributed by atoms with Crippen LogP contribution < -0.4 is 5.32 Å². The lowest BCUT2D eigenvalue weighted by Crippen LogP contribution is -2.51. The molecule has 0 saturated carbocycles. The van der Waals surface area contributed by atoms with Crippen molar-refractivity contribution in [2.24, 2.45) is 5.92 Å². The first kappa shape index (κ1) is 28.5. The Kier molecular flexibility index (Phi) is 10.3. The van der Waals surface area contributed by atoms with Crippen molar-refractivity contribution >= 4 is 24.8 Å². The second-order valence-corrected chi connectivity index (χ2v) is 10.2. The van der Waals surface area contributed by atoms with E-state index >= 15 is 0 Å². The van der Waals surface area contributed by atoms with Crippen LogP contribution in [0, 0.1) is 5.92 Å². The van der Waals surface area contributed by atoms with E-state index in [2.05, 4.69) is 29.1 Å². The van der Waals surface area contributed by atoms with E-state index in [-0.39, 0.29) is 41.6 Å². The van der Waals surface area contributed by atoms with Gasteiger partial charge in [0.2, 0.25) is 0 Å². The fourth-order valence-electron chi connectivity index (χ4n) is 4.42. The van der Waals surface area contributed by atoms with Gasteiger partial charge in [0.05, 0.1) is 12.2 Å². The van der Waals surface area contributed by atoms with Gasteiger partial charge < -0.3 is 14.6 Å². The minimum atomic E-state index is -0.842. The molecule has 10 heteroatoms. The number of likely N-dealkylation sites (N-methyl/N-ethyl adjacent to an activating group) is 1. The SMILES string of the molecule is CC(C)C[C@H](CC(=O)[C@H](Cc1ccccc1)NC(=O)c1cnccn1)B1OC[C@@H](C)N(C)[C@@H](C)C(=O)O1. The third kappa shape index (κ3) is 8.20. The molecule has 1 N–H and O–H groups in total. The van der Waals surface area contributed by atoms with Gasteiger partial charge in [-0.2, -0.15) is 0 Å². The molecule has 1 aromatic carbocycles. The van der Waals surface area contributed by atoms with Crippen LogP contribution in [0.1, 0.15) is 56.6 Å². The molecule has 2 aromatic rings. The van der Waals surface area contributed by atoms with Crippen LogP contribution in [0.3, 0.4) is 0 Å². The molecule has 1 fully saturated rings. The summed E-state index contributed by atoms with van der Waals surface area (Å²) in [5, 5.41) is 2.85. The first-order valence-corrected chi connectivity index (χ1v) is 12.8. The van der Waals surface area contributed by atoms with E-state index in [0.717, 1.165) is 5.56 Å². The van der Waals surface area contributed by atoms with Gasteiger partial charge in [-0.1, -0.05) is 44.2 Å². The fourth-order valence-corrected chi connectivity index (χ4v) is 4.42. The first-order valence-electron chi connectivity index (χ1n) is 12.8. The standard InChI is InChI=1S/C27H37BN4O5/c1-18(2)13-22(28-36-17-19(3)32(5)20(4)27(35)37-28)15-25(33)23(14-21-9-7-6-8-10-21)31-26(34)24-16-29-11-12-30-24/h6-12,16,18-20,22-23H,13-15,17H2,1-5H3,(H,31,34)/t19-,20+,22-,23+/m1/s1. The number of ketones is 1. The molecule has 2 heterocycles. The van der Waals surface area contributed by atoms with Crippen LogP contribution in [0.2, 0.25) is 5.82 Å². The molecule has 0 unspecified atom stereocenters. The van der Waals surface area contributed by atoms with Crippen LogP contribution in [0.15, 0.2) is 48.9 Å². The van der Waals surface area contributed by atoms with Gasteiger partial charge in [0.1, 0.15) is 11.7 Å². The fraction of sp³-hybridized carbons (Fsp3) is 0.519. The Morgan fingerprint density at radius 3 is 2.57 bits per heavy atom. The summed E-state index contributed by atoms with van der Waals surface area (Å²) >= 11 is 0. The number of benzene rings is 1. The van der Waals surface area contributed by atoms with Crippen molar-refractivity contribution in [1.29, 1.82) is 0 Å². The Bertz CT molecular complexity index is 1040. The number of carbonyl (C=O) groups excluding carboxylic acids is 3. The van der Waals surface area contributed by atoms with Crippen molar-refractivity contribution in [3.05, 3.63) is 60.2 Å². The maximum atomic E-state index is 13.7. The van der Waals surface area contributed by atoms with Gasteiger partial charge in [-0.05, 0) is 45.2 Å². The minimum Gasteiger partial charge on any atom is -0.508 e. The summed E-state index contributed by atoms with van der Waals surface area (Å²) in [7, 11) is 1.02. The Hall–Kier alpha value is -3.11. The molecular weight excluding hydrogens is 471 g/mol. The number of amides is 1. The van der Waals surface area contributed by atoms with Crippen molar-refractivity contribution in [1.82, 2.24) is 20.2 Å². The summed E-state index contributed by atoms with van der Waals surface area (Å²) in [6.45, 7) is 8.28. The summed E-state index contributed by atoms with van der Waals surface area (Å²) in [6, 6.07) is 8.32. The van der Waals surface area contributed by atoms with E-state index in [4.69, 9.17) is 9.31 Å². The zero-order valence-electron chi connectivity index (χ0n) is 22.3. The molecule has 1 aliphatic heterocycles. The molecule has 3 rings (SSSR count). The summed E-state index contributed by atoms with van der Waals surface area (Å²) in [6.07, 6.45) is 5.31. The largest absolute Gasteiger partial charge is 0.531 e. The Morgan fingerprint density at radius 1 is 1.19 bits per heavy atom. The third-order valence-corrected chi connectivity index (χ3v) is 6.78. The first-order chi connectivity index (χ1) is 17.7. The molecule has 0 bridgehead atoms. The smallest absolute Gasteiger partial charge is 0.508 e. The van der Waals surface area contributed by atoms with Crippen molar-refractivity contribution < 1.29 is 23.7 Å². The molecule has 1 saturated heterocycles. The second kappa shape index (κ2) is 13.4. The zero-order valence-corrected chi connectivity index (χ0v) is 22.3. The maximum absolute atomic E-state index is 13.7. The molecule has 1 aliphatic rings. The number of nitrogens with one attached hydrogen (secondary N) is 1. The minimum absolute atomic E-state index is 0.0119. The number of hydrogen-bond donors (Lipinski definition) is 1. The van der Waals surface area contributed by atoms with Crippen LogP contribution in [0.4, 0.5) is 0 Å². The molecule has 1 aromatic heterocycles. The predicted octanol–water partition coefficient (Wildman–Crippen LogP) is 2.96. The highest BCUT2D eigenvalue weighted by molar-refractivity contribution is 6.49. The predicted molar refractivity (Wildman–Crippen MR) is 141 cm³/mol. The van der Waals surface area contributed by atoms with E-state index in [1.54, 1.807) is 0 Å². The van der Waals surface area contributed by atoms with Gasteiger partial charge in [-0.25, -0.2) is 4.98 Å². The van der Waals surface area contributed by atoms with Crippen LogP contribution >= 0.6 is 0 Å². The third-order valence-electron chi connectivity index (χ3n) is 6.78. The van der Waals surface area contributed by atoms with Gasteiger partial charge >= 0.3 is 13.1 Å². The second-order valence-electron chi connectivity index (χ2n) is 10.2. The summed E-state index contributed by atoms with van der Waals surface area (Å²) in [4.78, 5) is 49.3. The number of hydrogen-bond acceptors (Lipinski definition) is 8. The van der Waals surface area contributed by atoms with Crippen LogP contribution in [-0.2, 0) is 25.3 Å². The van der Waals surface area contributed by atoms with Crippen molar-refractivity contribution in [3.63, 3.8) is 0 Å². The molecule has 198 valence electrons. The lowest BCUT2D eigenvalue weighted by Gasteiger charge is -2.35. The number of aromatic nitrogens is 2. The molecule has 0 spiro atoms. The summed E-state index contributed by atoms with van der Waals surface area (Å²) < 4.78 is 11.8. The quantitative estimate of drug-likeness (QED) is 0.488. The number of Topliss-reactive ketones (excluding diaryl/α,β-unsaturated/α-hetero) is 1.